The van der Waals surface area contributed by atoms with Gasteiger partial charge in [0.2, 0.25) is 0 Å². The van der Waals surface area contributed by atoms with E-state index in [1.807, 2.05) is 6.07 Å². The maximum absolute atomic E-state index is 5.58. The molecule has 3 heteroatoms. The highest BCUT2D eigenvalue weighted by molar-refractivity contribution is 5.77. The molecule has 0 aromatic carbocycles. The zero-order chi connectivity index (χ0) is 11.9. The first-order valence-electron chi connectivity index (χ1n) is 6.59. The lowest BCUT2D eigenvalue weighted by molar-refractivity contribution is 0.581. The molecule has 0 saturated heterocycles. The van der Waals surface area contributed by atoms with Crippen LogP contribution in [0.5, 0.6) is 0 Å². The highest BCUT2D eigenvalue weighted by Crippen LogP contribution is 2.36. The highest BCUT2D eigenvalue weighted by Gasteiger charge is 2.24. The van der Waals surface area contributed by atoms with Crippen molar-refractivity contribution >= 4 is 5.57 Å². The lowest BCUT2D eigenvalue weighted by Gasteiger charge is -2.15. The normalized spacial score (nSPS) is 18.1. The van der Waals surface area contributed by atoms with Crippen LogP contribution in [-0.4, -0.2) is 17.7 Å². The predicted octanol–water partition coefficient (Wildman–Crippen LogP) is 2.68. The summed E-state index contributed by atoms with van der Waals surface area (Å²) in [6, 6.07) is 4.02. The molecule has 0 saturated carbocycles. The molecule has 3 heterocycles. The molecule has 1 N–H and O–H groups in total. The maximum atomic E-state index is 5.58. The Kier molecular flexibility index (Phi) is 2.20. The molecule has 18 heavy (non-hydrogen) atoms. The number of nitrogens with one attached hydrogen (secondary N) is 1. The molecule has 2 aliphatic rings. The molecule has 0 amide bonds. The topological polar surface area (TPSA) is 30.1 Å². The molecule has 0 unspecified atom stereocenters. The van der Waals surface area contributed by atoms with Gasteiger partial charge in [0.05, 0.1) is 6.26 Å². The third-order valence-corrected chi connectivity index (χ3v) is 3.90. The smallest absolute Gasteiger partial charge is 0.135 e. The molecule has 0 radical (unpaired) electrons. The third kappa shape index (κ3) is 1.40. The van der Waals surface area contributed by atoms with Gasteiger partial charge < -0.3 is 14.3 Å². The predicted molar refractivity (Wildman–Crippen MR) is 71.3 cm³/mol. The number of furan rings is 1. The fourth-order valence-electron chi connectivity index (χ4n) is 3.12. The van der Waals surface area contributed by atoms with Crippen LogP contribution >= 0.6 is 0 Å². The molecule has 3 nitrogen and oxygen atoms in total. The molecule has 0 spiro atoms. The summed E-state index contributed by atoms with van der Waals surface area (Å²) >= 11 is 0. The Morgan fingerprint density at radius 3 is 3.22 bits per heavy atom. The summed E-state index contributed by atoms with van der Waals surface area (Å²) < 4.78 is 7.97. The van der Waals surface area contributed by atoms with Crippen LogP contribution < -0.4 is 5.32 Å². The van der Waals surface area contributed by atoms with Crippen molar-refractivity contribution in [3.05, 3.63) is 41.9 Å². The molecule has 2 aromatic heterocycles. The number of hydrogen-bond acceptors (Lipinski definition) is 2. The number of allylic oxidation sites excluding steroid dienone is 1. The second-order valence-electron chi connectivity index (χ2n) is 4.99. The molecule has 0 fully saturated rings. The lowest BCUT2D eigenvalue weighted by atomic mass is 9.94. The van der Waals surface area contributed by atoms with E-state index < -0.39 is 0 Å². The van der Waals surface area contributed by atoms with Gasteiger partial charge in [0, 0.05) is 37.1 Å². The van der Waals surface area contributed by atoms with Crippen molar-refractivity contribution in [2.24, 2.45) is 0 Å². The van der Waals surface area contributed by atoms with Crippen LogP contribution in [0.25, 0.3) is 16.9 Å². The van der Waals surface area contributed by atoms with E-state index in [1.54, 1.807) is 6.26 Å². The largest absolute Gasteiger partial charge is 0.464 e. The molecular weight excluding hydrogens is 224 g/mol. The Bertz CT molecular complexity index is 605. The van der Waals surface area contributed by atoms with Crippen molar-refractivity contribution in [2.45, 2.75) is 19.4 Å². The van der Waals surface area contributed by atoms with Gasteiger partial charge in [-0.3, -0.25) is 0 Å². The summed E-state index contributed by atoms with van der Waals surface area (Å²) in [6.45, 7) is 3.07. The Balaban J connectivity index is 1.94. The summed E-state index contributed by atoms with van der Waals surface area (Å²) in [7, 11) is 0. The Hall–Kier alpha value is -1.74. The summed E-state index contributed by atoms with van der Waals surface area (Å²) in [5.74, 6) is 1.000. The fraction of sp³-hybridized carbons (Fsp3) is 0.333. The first kappa shape index (κ1) is 10.2. The summed E-state index contributed by atoms with van der Waals surface area (Å²) in [5.41, 5.74) is 5.62. The SMILES string of the molecule is C1=C2CNCCn3cc(-c4ccco4)c(c32)CC1. The molecule has 1 aliphatic carbocycles. The van der Waals surface area contributed by atoms with Gasteiger partial charge in [-0.05, 0) is 36.1 Å². The molecule has 4 rings (SSSR count). The van der Waals surface area contributed by atoms with E-state index in [2.05, 4.69) is 28.2 Å². The maximum Gasteiger partial charge on any atom is 0.135 e. The zero-order valence-corrected chi connectivity index (χ0v) is 10.3. The van der Waals surface area contributed by atoms with Crippen LogP contribution in [0.3, 0.4) is 0 Å². The summed E-state index contributed by atoms with van der Waals surface area (Å²) in [6.07, 6.45) is 8.66. The van der Waals surface area contributed by atoms with Crippen molar-refractivity contribution in [3.63, 3.8) is 0 Å². The number of nitrogens with zero attached hydrogens (tertiary/aromatic N) is 1. The van der Waals surface area contributed by atoms with Gasteiger partial charge in [-0.2, -0.15) is 0 Å². The van der Waals surface area contributed by atoms with Gasteiger partial charge in [0.1, 0.15) is 5.76 Å². The monoisotopic (exact) mass is 240 g/mol. The number of hydrogen-bond donors (Lipinski definition) is 1. The molecule has 2 aromatic rings. The summed E-state index contributed by atoms with van der Waals surface area (Å²) in [4.78, 5) is 0. The Labute approximate surface area is 106 Å². The standard InChI is InChI=1S/C15H16N2O/c1-3-11-9-16-6-7-17-10-13(12(4-1)15(11)17)14-5-2-8-18-14/h2-3,5,8,10,16H,1,4,6-7,9H2. The number of aromatic nitrogens is 1. The van der Waals surface area contributed by atoms with Crippen molar-refractivity contribution in [1.29, 1.82) is 0 Å². The quantitative estimate of drug-likeness (QED) is 0.830. The van der Waals surface area contributed by atoms with Gasteiger partial charge in [-0.25, -0.2) is 0 Å². The van der Waals surface area contributed by atoms with Crippen LogP contribution in [0.1, 0.15) is 17.7 Å². The summed E-state index contributed by atoms with van der Waals surface area (Å²) in [5, 5.41) is 3.48. The van der Waals surface area contributed by atoms with E-state index in [9.17, 15) is 0 Å². The average molecular weight is 240 g/mol. The fourth-order valence-corrected chi connectivity index (χ4v) is 3.12. The van der Waals surface area contributed by atoms with Crippen molar-refractivity contribution in [2.75, 3.05) is 13.1 Å². The molecule has 0 atom stereocenters. The van der Waals surface area contributed by atoms with Crippen LogP contribution in [0, 0.1) is 0 Å². The Morgan fingerprint density at radius 1 is 1.33 bits per heavy atom. The number of rotatable bonds is 1. The van der Waals surface area contributed by atoms with Crippen molar-refractivity contribution in [1.82, 2.24) is 9.88 Å². The van der Waals surface area contributed by atoms with E-state index in [0.29, 0.717) is 0 Å². The first-order chi connectivity index (χ1) is 8.93. The van der Waals surface area contributed by atoms with Gasteiger partial charge in [0.25, 0.3) is 0 Å². The Morgan fingerprint density at radius 2 is 2.33 bits per heavy atom. The molecule has 0 bridgehead atoms. The molecule has 92 valence electrons. The van der Waals surface area contributed by atoms with Gasteiger partial charge in [-0.15, -0.1) is 0 Å². The van der Waals surface area contributed by atoms with Crippen LogP contribution in [0.2, 0.25) is 0 Å². The third-order valence-electron chi connectivity index (χ3n) is 3.90. The first-order valence-corrected chi connectivity index (χ1v) is 6.59. The van der Waals surface area contributed by atoms with Crippen LogP contribution in [-0.2, 0) is 13.0 Å². The minimum Gasteiger partial charge on any atom is -0.464 e. The van der Waals surface area contributed by atoms with Crippen LogP contribution in [0.15, 0.2) is 35.1 Å². The minimum atomic E-state index is 0.995. The lowest BCUT2D eigenvalue weighted by Crippen LogP contribution is -2.17. The van der Waals surface area contributed by atoms with E-state index in [-0.39, 0.29) is 0 Å². The van der Waals surface area contributed by atoms with Crippen LogP contribution in [0.4, 0.5) is 0 Å². The van der Waals surface area contributed by atoms with Crippen molar-refractivity contribution < 1.29 is 4.42 Å². The van der Waals surface area contributed by atoms with E-state index in [4.69, 9.17) is 4.42 Å². The van der Waals surface area contributed by atoms with E-state index in [1.165, 1.54) is 22.4 Å². The van der Waals surface area contributed by atoms with E-state index >= 15 is 0 Å². The minimum absolute atomic E-state index is 0.995. The highest BCUT2D eigenvalue weighted by atomic mass is 16.3. The molecular formula is C15H16N2O. The van der Waals surface area contributed by atoms with Gasteiger partial charge in [0.15, 0.2) is 0 Å². The molecule has 1 aliphatic heterocycles. The van der Waals surface area contributed by atoms with Gasteiger partial charge in [-0.1, -0.05) is 6.08 Å². The van der Waals surface area contributed by atoms with Crippen molar-refractivity contribution in [3.8, 4) is 11.3 Å². The van der Waals surface area contributed by atoms with Gasteiger partial charge >= 0.3 is 0 Å². The van der Waals surface area contributed by atoms with E-state index in [0.717, 1.165) is 38.2 Å². The second kappa shape index (κ2) is 3.89. The second-order valence-corrected chi connectivity index (χ2v) is 4.99. The zero-order valence-electron chi connectivity index (χ0n) is 10.3. The average Bonchev–Trinajstić information content (AvgIpc) is 2.97.